The smallest absolute Gasteiger partial charge is 0.238 e. The molecule has 0 spiro atoms. The van der Waals surface area contributed by atoms with Gasteiger partial charge in [-0.25, -0.2) is 13.6 Å². The highest BCUT2D eigenvalue weighted by molar-refractivity contribution is 7.89. The molecule has 0 aliphatic rings. The van der Waals surface area contributed by atoms with Crippen molar-refractivity contribution in [1.29, 1.82) is 0 Å². The van der Waals surface area contributed by atoms with Gasteiger partial charge in [0.2, 0.25) is 10.0 Å². The molecule has 0 fully saturated rings. The van der Waals surface area contributed by atoms with Gasteiger partial charge in [0, 0.05) is 20.1 Å². The van der Waals surface area contributed by atoms with Crippen molar-refractivity contribution in [1.82, 2.24) is 10.6 Å². The van der Waals surface area contributed by atoms with Gasteiger partial charge >= 0.3 is 0 Å². The Kier molecular flexibility index (Phi) is 5.94. The summed E-state index contributed by atoms with van der Waals surface area (Å²) in [4.78, 5) is 4.27. The Bertz CT molecular complexity index is 832. The molecule has 2 aromatic rings. The summed E-state index contributed by atoms with van der Waals surface area (Å²) in [5.41, 5.74) is 3.21. The largest absolute Gasteiger partial charge is 0.352 e. The molecule has 6 nitrogen and oxygen atoms in total. The van der Waals surface area contributed by atoms with Crippen LogP contribution >= 0.6 is 0 Å². The van der Waals surface area contributed by atoms with Crippen LogP contribution in [0.2, 0.25) is 0 Å². The van der Waals surface area contributed by atoms with Crippen molar-refractivity contribution in [3.63, 3.8) is 0 Å². The van der Waals surface area contributed by atoms with E-state index in [2.05, 4.69) is 34.7 Å². The Balaban J connectivity index is 1.96. The molecule has 0 aliphatic heterocycles. The van der Waals surface area contributed by atoms with Crippen molar-refractivity contribution in [2.75, 3.05) is 7.05 Å². The second-order valence-corrected chi connectivity index (χ2v) is 6.96. The lowest BCUT2D eigenvalue weighted by Gasteiger charge is -2.13. The molecule has 0 saturated carbocycles. The average Bonchev–Trinajstić information content (AvgIpc) is 2.56. The highest BCUT2D eigenvalue weighted by Gasteiger charge is 2.08. The minimum atomic E-state index is -3.69. The molecule has 2 rings (SSSR count). The third kappa shape index (κ3) is 5.07. The van der Waals surface area contributed by atoms with Gasteiger partial charge in [0.1, 0.15) is 0 Å². The van der Waals surface area contributed by atoms with Crippen molar-refractivity contribution >= 4 is 16.0 Å². The Morgan fingerprint density at radius 2 is 1.79 bits per heavy atom. The number of sulfonamides is 1. The fourth-order valence-corrected chi connectivity index (χ4v) is 2.81. The molecule has 0 unspecified atom stereocenters. The van der Waals surface area contributed by atoms with Crippen LogP contribution in [0.5, 0.6) is 0 Å². The van der Waals surface area contributed by atoms with Crippen LogP contribution < -0.4 is 15.8 Å². The molecule has 0 aromatic heterocycles. The predicted octanol–water partition coefficient (Wildman–Crippen LogP) is 1.51. The van der Waals surface area contributed by atoms with Gasteiger partial charge in [0.05, 0.1) is 4.90 Å². The second kappa shape index (κ2) is 7.94. The Morgan fingerprint density at radius 3 is 2.46 bits per heavy atom. The number of nitrogens with one attached hydrogen (secondary N) is 2. The van der Waals surface area contributed by atoms with E-state index >= 15 is 0 Å². The number of primary sulfonamides is 1. The van der Waals surface area contributed by atoms with Crippen LogP contribution in [0.25, 0.3) is 0 Å². The Labute approximate surface area is 142 Å². The first kappa shape index (κ1) is 18.0. The van der Waals surface area contributed by atoms with Gasteiger partial charge in [-0.1, -0.05) is 36.4 Å². The molecule has 0 aliphatic carbocycles. The zero-order valence-corrected chi connectivity index (χ0v) is 14.6. The lowest BCUT2D eigenvalue weighted by Crippen LogP contribution is -2.36. The lowest BCUT2D eigenvalue weighted by atomic mass is 10.1. The van der Waals surface area contributed by atoms with Crippen molar-refractivity contribution in [2.24, 2.45) is 10.1 Å². The van der Waals surface area contributed by atoms with E-state index in [-0.39, 0.29) is 4.90 Å². The van der Waals surface area contributed by atoms with Gasteiger partial charge in [0.15, 0.2) is 5.96 Å². The summed E-state index contributed by atoms with van der Waals surface area (Å²) in [6.07, 6.45) is 0. The average molecular weight is 346 g/mol. The molecule has 7 heteroatoms. The zero-order chi connectivity index (χ0) is 17.6. The van der Waals surface area contributed by atoms with Crippen molar-refractivity contribution in [3.8, 4) is 0 Å². The summed E-state index contributed by atoms with van der Waals surface area (Å²) in [5, 5.41) is 11.5. The summed E-state index contributed by atoms with van der Waals surface area (Å²) in [6.45, 7) is 3.16. The van der Waals surface area contributed by atoms with E-state index < -0.39 is 10.0 Å². The standard InChI is InChI=1S/C17H22N4O2S/c1-13-6-3-4-8-15(13)12-21-17(19-2)20-11-14-7-5-9-16(10-14)24(18,22)23/h3-10H,11-12H2,1-2H3,(H2,18,22,23)(H2,19,20,21). The first-order valence-electron chi connectivity index (χ1n) is 7.51. The Hall–Kier alpha value is -2.38. The third-order valence-corrected chi connectivity index (χ3v) is 4.53. The van der Waals surface area contributed by atoms with Gasteiger partial charge in [0.25, 0.3) is 0 Å². The maximum Gasteiger partial charge on any atom is 0.238 e. The van der Waals surface area contributed by atoms with Crippen LogP contribution in [-0.4, -0.2) is 21.4 Å². The number of nitrogens with zero attached hydrogens (tertiary/aromatic N) is 1. The summed E-state index contributed by atoms with van der Waals surface area (Å²) in [6, 6.07) is 14.7. The van der Waals surface area contributed by atoms with Crippen molar-refractivity contribution in [3.05, 3.63) is 65.2 Å². The minimum Gasteiger partial charge on any atom is -0.352 e. The fraction of sp³-hybridized carbons (Fsp3) is 0.235. The molecular weight excluding hydrogens is 324 g/mol. The molecule has 0 bridgehead atoms. The number of nitrogens with two attached hydrogens (primary N) is 1. The number of hydrogen-bond donors (Lipinski definition) is 3. The first-order valence-corrected chi connectivity index (χ1v) is 9.05. The Morgan fingerprint density at radius 1 is 1.08 bits per heavy atom. The molecule has 0 heterocycles. The molecule has 0 atom stereocenters. The summed E-state index contributed by atoms with van der Waals surface area (Å²) in [5.74, 6) is 0.638. The number of aliphatic imine (C=N–C) groups is 1. The SMILES string of the molecule is CN=C(NCc1cccc(S(N)(=O)=O)c1)NCc1ccccc1C. The fourth-order valence-electron chi connectivity index (χ4n) is 2.23. The summed E-state index contributed by atoms with van der Waals surface area (Å²) >= 11 is 0. The van der Waals surface area contributed by atoms with E-state index in [1.165, 1.54) is 17.2 Å². The van der Waals surface area contributed by atoms with Gasteiger partial charge in [-0.3, -0.25) is 4.99 Å². The number of aryl methyl sites for hydroxylation is 1. The highest BCUT2D eigenvalue weighted by atomic mass is 32.2. The number of benzene rings is 2. The molecule has 24 heavy (non-hydrogen) atoms. The van der Waals surface area contributed by atoms with E-state index in [0.29, 0.717) is 19.0 Å². The van der Waals surface area contributed by atoms with Crippen LogP contribution in [-0.2, 0) is 23.1 Å². The minimum absolute atomic E-state index is 0.102. The molecule has 0 amide bonds. The van der Waals surface area contributed by atoms with E-state index in [9.17, 15) is 8.42 Å². The van der Waals surface area contributed by atoms with E-state index in [4.69, 9.17) is 5.14 Å². The quantitative estimate of drug-likeness (QED) is 0.565. The second-order valence-electron chi connectivity index (χ2n) is 5.40. The van der Waals surface area contributed by atoms with Crippen LogP contribution in [0.3, 0.4) is 0 Å². The summed E-state index contributed by atoms with van der Waals surface area (Å²) < 4.78 is 22.8. The van der Waals surface area contributed by atoms with Crippen molar-refractivity contribution in [2.45, 2.75) is 24.9 Å². The molecule has 0 radical (unpaired) electrons. The van der Waals surface area contributed by atoms with E-state index in [1.54, 1.807) is 19.2 Å². The van der Waals surface area contributed by atoms with E-state index in [1.807, 2.05) is 18.2 Å². The van der Waals surface area contributed by atoms with Gasteiger partial charge < -0.3 is 10.6 Å². The molecular formula is C17H22N4O2S. The molecule has 2 aromatic carbocycles. The highest BCUT2D eigenvalue weighted by Crippen LogP contribution is 2.09. The lowest BCUT2D eigenvalue weighted by molar-refractivity contribution is 0.597. The predicted molar refractivity (Wildman–Crippen MR) is 96.0 cm³/mol. The van der Waals surface area contributed by atoms with Gasteiger partial charge in [-0.2, -0.15) is 0 Å². The van der Waals surface area contributed by atoms with Crippen LogP contribution in [0.1, 0.15) is 16.7 Å². The van der Waals surface area contributed by atoms with Gasteiger partial charge in [-0.15, -0.1) is 0 Å². The number of guanidine groups is 1. The molecule has 0 saturated heterocycles. The first-order chi connectivity index (χ1) is 11.4. The normalized spacial score (nSPS) is 12.0. The van der Waals surface area contributed by atoms with Crippen LogP contribution in [0.4, 0.5) is 0 Å². The van der Waals surface area contributed by atoms with Crippen LogP contribution in [0.15, 0.2) is 58.4 Å². The summed E-state index contributed by atoms with van der Waals surface area (Å²) in [7, 11) is -2.01. The number of hydrogen-bond acceptors (Lipinski definition) is 3. The molecule has 4 N–H and O–H groups in total. The zero-order valence-electron chi connectivity index (χ0n) is 13.8. The van der Waals surface area contributed by atoms with Gasteiger partial charge in [-0.05, 0) is 35.7 Å². The third-order valence-electron chi connectivity index (χ3n) is 3.62. The van der Waals surface area contributed by atoms with E-state index in [0.717, 1.165) is 5.56 Å². The number of rotatable bonds is 5. The maximum atomic E-state index is 11.4. The maximum absolute atomic E-state index is 11.4. The topological polar surface area (TPSA) is 96.6 Å². The van der Waals surface area contributed by atoms with Crippen molar-refractivity contribution < 1.29 is 8.42 Å². The van der Waals surface area contributed by atoms with Crippen LogP contribution in [0, 0.1) is 6.92 Å². The molecule has 128 valence electrons. The monoisotopic (exact) mass is 346 g/mol.